The average Bonchev–Trinajstić information content (AvgIpc) is 2.78. The predicted molar refractivity (Wildman–Crippen MR) is 67.3 cm³/mol. The number of carbonyl (C=O) groups excluding carboxylic acids is 2. The number of nitrogens with zero attached hydrogens (tertiary/aromatic N) is 1. The van der Waals surface area contributed by atoms with Crippen LogP contribution in [-0.2, 0) is 9.59 Å². The second kappa shape index (κ2) is 6.48. The van der Waals surface area contributed by atoms with Crippen LogP contribution in [0.15, 0.2) is 0 Å². The van der Waals surface area contributed by atoms with Gasteiger partial charge in [0.1, 0.15) is 12.1 Å². The Morgan fingerprint density at radius 1 is 1.50 bits per heavy atom. The van der Waals surface area contributed by atoms with Gasteiger partial charge in [-0.3, -0.25) is 4.79 Å². The van der Waals surface area contributed by atoms with E-state index in [1.54, 1.807) is 13.8 Å². The first-order valence-electron chi connectivity index (χ1n) is 5.62. The lowest BCUT2D eigenvalue weighted by Gasteiger charge is -2.23. The molecule has 3 amide bonds. The Balaban J connectivity index is 2.54. The highest BCUT2D eigenvalue weighted by Gasteiger charge is 2.35. The molecule has 0 aromatic carbocycles. The molecule has 0 saturated carbocycles. The zero-order valence-corrected chi connectivity index (χ0v) is 11.1. The van der Waals surface area contributed by atoms with Gasteiger partial charge in [0.15, 0.2) is 0 Å². The molecule has 1 aliphatic heterocycles. The molecule has 1 rings (SSSR count). The highest BCUT2D eigenvalue weighted by molar-refractivity contribution is 7.99. The summed E-state index contributed by atoms with van der Waals surface area (Å²) in [5.74, 6) is -0.617. The second-order valence-electron chi connectivity index (χ2n) is 3.89. The van der Waals surface area contributed by atoms with Crippen LogP contribution in [0.5, 0.6) is 0 Å². The van der Waals surface area contributed by atoms with Gasteiger partial charge >= 0.3 is 12.0 Å². The molecule has 18 heavy (non-hydrogen) atoms. The van der Waals surface area contributed by atoms with E-state index in [0.29, 0.717) is 18.2 Å². The first-order chi connectivity index (χ1) is 8.47. The summed E-state index contributed by atoms with van der Waals surface area (Å²) in [6.45, 7) is 3.82. The van der Waals surface area contributed by atoms with E-state index >= 15 is 0 Å². The lowest BCUT2D eigenvalue weighted by atomic mass is 10.3. The van der Waals surface area contributed by atoms with Crippen molar-refractivity contribution in [3.63, 3.8) is 0 Å². The van der Waals surface area contributed by atoms with E-state index in [1.807, 2.05) is 0 Å². The number of carbonyl (C=O) groups is 3. The summed E-state index contributed by atoms with van der Waals surface area (Å²) < 4.78 is 0. The Kier molecular flexibility index (Phi) is 5.26. The standard InChI is InChI=1S/C10H17N3O4S/c1-3-11-8(14)6(2)12-10(17)13-5-18-4-7(13)9(15)16/h6-7H,3-5H2,1-2H3,(H,11,14)(H,12,17)(H,15,16). The Morgan fingerprint density at radius 3 is 2.72 bits per heavy atom. The van der Waals surface area contributed by atoms with E-state index in [-0.39, 0.29) is 5.91 Å². The van der Waals surface area contributed by atoms with E-state index in [2.05, 4.69) is 10.6 Å². The molecule has 0 bridgehead atoms. The minimum Gasteiger partial charge on any atom is -0.480 e. The molecule has 3 N–H and O–H groups in total. The molecule has 2 unspecified atom stereocenters. The maximum absolute atomic E-state index is 11.8. The second-order valence-corrected chi connectivity index (χ2v) is 4.89. The minimum atomic E-state index is -1.03. The Morgan fingerprint density at radius 2 is 2.17 bits per heavy atom. The fourth-order valence-electron chi connectivity index (χ4n) is 1.51. The third-order valence-electron chi connectivity index (χ3n) is 2.51. The number of likely N-dealkylation sites (N-methyl/N-ethyl adjacent to an activating group) is 1. The van der Waals surface area contributed by atoms with E-state index < -0.39 is 24.1 Å². The topological polar surface area (TPSA) is 98.7 Å². The number of urea groups is 1. The van der Waals surface area contributed by atoms with Crippen molar-refractivity contribution in [2.75, 3.05) is 18.2 Å². The zero-order valence-electron chi connectivity index (χ0n) is 10.3. The summed E-state index contributed by atoms with van der Waals surface area (Å²) in [7, 11) is 0. The lowest BCUT2D eigenvalue weighted by Crippen LogP contribution is -2.52. The number of thioether (sulfide) groups is 1. The first-order valence-corrected chi connectivity index (χ1v) is 6.78. The quantitative estimate of drug-likeness (QED) is 0.653. The zero-order chi connectivity index (χ0) is 13.7. The molecule has 0 spiro atoms. The van der Waals surface area contributed by atoms with Gasteiger partial charge in [-0.1, -0.05) is 0 Å². The number of carboxylic acids is 1. The largest absolute Gasteiger partial charge is 0.480 e. The summed E-state index contributed by atoms with van der Waals surface area (Å²) in [6, 6.07) is -2.03. The fraction of sp³-hybridized carbons (Fsp3) is 0.700. The van der Waals surface area contributed by atoms with Crippen LogP contribution >= 0.6 is 11.8 Å². The molecular weight excluding hydrogens is 258 g/mol. The van der Waals surface area contributed by atoms with Crippen molar-refractivity contribution in [1.82, 2.24) is 15.5 Å². The van der Waals surface area contributed by atoms with Crippen LogP contribution in [-0.4, -0.2) is 58.2 Å². The number of aliphatic carboxylic acids is 1. The van der Waals surface area contributed by atoms with Crippen LogP contribution in [0, 0.1) is 0 Å². The number of hydrogen-bond acceptors (Lipinski definition) is 4. The van der Waals surface area contributed by atoms with Crippen molar-refractivity contribution in [2.45, 2.75) is 25.9 Å². The molecule has 7 nitrogen and oxygen atoms in total. The molecule has 0 aromatic heterocycles. The molecule has 1 aliphatic rings. The minimum absolute atomic E-state index is 0.287. The average molecular weight is 275 g/mol. The third kappa shape index (κ3) is 3.52. The number of amides is 3. The Hall–Kier alpha value is -1.44. The highest BCUT2D eigenvalue weighted by atomic mass is 32.2. The maximum atomic E-state index is 11.8. The van der Waals surface area contributed by atoms with Crippen LogP contribution in [0.4, 0.5) is 4.79 Å². The van der Waals surface area contributed by atoms with Gasteiger partial charge < -0.3 is 20.6 Å². The maximum Gasteiger partial charge on any atom is 0.327 e. The van der Waals surface area contributed by atoms with Crippen LogP contribution in [0.25, 0.3) is 0 Å². The van der Waals surface area contributed by atoms with Crippen molar-refractivity contribution in [3.8, 4) is 0 Å². The van der Waals surface area contributed by atoms with Gasteiger partial charge in [0.05, 0.1) is 5.88 Å². The van der Waals surface area contributed by atoms with Gasteiger partial charge in [-0.15, -0.1) is 11.8 Å². The summed E-state index contributed by atoms with van der Waals surface area (Å²) in [4.78, 5) is 35.4. The molecule has 0 radical (unpaired) electrons. The van der Waals surface area contributed by atoms with Crippen molar-refractivity contribution >= 4 is 29.7 Å². The van der Waals surface area contributed by atoms with E-state index in [9.17, 15) is 14.4 Å². The normalized spacial score (nSPS) is 20.3. The van der Waals surface area contributed by atoms with Crippen molar-refractivity contribution in [2.24, 2.45) is 0 Å². The molecule has 0 aromatic rings. The molecule has 1 fully saturated rings. The predicted octanol–water partition coefficient (Wildman–Crippen LogP) is -0.320. The summed E-state index contributed by atoms with van der Waals surface area (Å²) in [5.41, 5.74) is 0. The van der Waals surface area contributed by atoms with Crippen molar-refractivity contribution in [3.05, 3.63) is 0 Å². The van der Waals surface area contributed by atoms with Gasteiger partial charge in [0, 0.05) is 12.3 Å². The SMILES string of the molecule is CCNC(=O)C(C)NC(=O)N1CSCC1C(=O)O. The number of nitrogens with one attached hydrogen (secondary N) is 2. The van der Waals surface area contributed by atoms with Crippen molar-refractivity contribution < 1.29 is 19.5 Å². The monoisotopic (exact) mass is 275 g/mol. The smallest absolute Gasteiger partial charge is 0.327 e. The lowest BCUT2D eigenvalue weighted by molar-refractivity contribution is -0.140. The van der Waals surface area contributed by atoms with Gasteiger partial charge in [0.25, 0.3) is 0 Å². The third-order valence-corrected chi connectivity index (χ3v) is 3.52. The molecule has 2 atom stereocenters. The molecule has 102 valence electrons. The van der Waals surface area contributed by atoms with Gasteiger partial charge in [-0.2, -0.15) is 0 Å². The first kappa shape index (κ1) is 14.6. The van der Waals surface area contributed by atoms with Crippen molar-refractivity contribution in [1.29, 1.82) is 0 Å². The van der Waals surface area contributed by atoms with E-state index in [4.69, 9.17) is 5.11 Å². The van der Waals surface area contributed by atoms with Gasteiger partial charge in [-0.25, -0.2) is 9.59 Å². The molecule has 1 heterocycles. The summed E-state index contributed by atoms with van der Waals surface area (Å²) in [6.07, 6.45) is 0. The van der Waals surface area contributed by atoms with Crippen LogP contribution in [0.3, 0.4) is 0 Å². The molecular formula is C10H17N3O4S. The Labute approximate surface area is 109 Å². The highest BCUT2D eigenvalue weighted by Crippen LogP contribution is 2.20. The Bertz CT molecular complexity index is 350. The van der Waals surface area contributed by atoms with Gasteiger partial charge in [0.2, 0.25) is 5.91 Å². The van der Waals surface area contributed by atoms with E-state index in [0.717, 1.165) is 0 Å². The number of hydrogen-bond donors (Lipinski definition) is 3. The fourth-order valence-corrected chi connectivity index (χ4v) is 2.65. The van der Waals surface area contributed by atoms with Crippen LogP contribution in [0.1, 0.15) is 13.8 Å². The molecule has 0 aliphatic carbocycles. The molecule has 8 heteroatoms. The summed E-state index contributed by atoms with van der Waals surface area (Å²) in [5, 5.41) is 14.0. The van der Waals surface area contributed by atoms with Gasteiger partial charge in [-0.05, 0) is 13.8 Å². The number of rotatable bonds is 4. The van der Waals surface area contributed by atoms with E-state index in [1.165, 1.54) is 16.7 Å². The van der Waals surface area contributed by atoms with Crippen LogP contribution in [0.2, 0.25) is 0 Å². The summed E-state index contributed by atoms with van der Waals surface area (Å²) >= 11 is 1.38. The molecule has 1 saturated heterocycles. The van der Waals surface area contributed by atoms with Crippen LogP contribution < -0.4 is 10.6 Å². The number of carboxylic acid groups (broad SMARTS) is 1.